The van der Waals surface area contributed by atoms with Gasteiger partial charge in [-0.15, -0.1) is 0 Å². The fourth-order valence-electron chi connectivity index (χ4n) is 4.02. The van der Waals surface area contributed by atoms with Crippen molar-refractivity contribution in [2.24, 2.45) is 0 Å². The van der Waals surface area contributed by atoms with Crippen LogP contribution in [0.1, 0.15) is 5.82 Å². The van der Waals surface area contributed by atoms with Crippen LogP contribution in [0.15, 0.2) is 41.5 Å². The Morgan fingerprint density at radius 1 is 1.15 bits per heavy atom. The molecule has 0 radical (unpaired) electrons. The predicted octanol–water partition coefficient (Wildman–Crippen LogP) is 3.00. The van der Waals surface area contributed by atoms with Crippen LogP contribution in [0.4, 0.5) is 11.5 Å². The van der Waals surface area contributed by atoms with Gasteiger partial charge in [0.05, 0.1) is 21.6 Å². The third-order valence-corrected chi connectivity index (χ3v) is 6.01. The molecule has 4 aromatic rings. The Kier molecular flexibility index (Phi) is 5.99. The second-order valence-corrected chi connectivity index (χ2v) is 8.53. The predicted molar refractivity (Wildman–Crippen MR) is 131 cm³/mol. The Morgan fingerprint density at radius 3 is 2.52 bits per heavy atom. The molecule has 3 heterocycles. The highest BCUT2D eigenvalue weighted by atomic mass is 35.5. The summed E-state index contributed by atoms with van der Waals surface area (Å²) in [5, 5.41) is 10.8. The van der Waals surface area contributed by atoms with Gasteiger partial charge in [0, 0.05) is 52.0 Å². The lowest BCUT2D eigenvalue weighted by atomic mass is 10.1. The van der Waals surface area contributed by atoms with Crippen molar-refractivity contribution in [3.63, 3.8) is 0 Å². The molecule has 0 aliphatic carbocycles. The Hall–Kier alpha value is -3.59. The molecule has 0 unspecified atom stereocenters. The number of aryl methyl sites for hydroxylation is 1. The molecule has 0 aliphatic heterocycles. The molecule has 0 atom stereocenters. The number of pyridine rings is 2. The Bertz CT molecular complexity index is 1430. The van der Waals surface area contributed by atoms with Crippen LogP contribution in [-0.4, -0.2) is 57.9 Å². The first-order valence-corrected chi connectivity index (χ1v) is 10.8. The van der Waals surface area contributed by atoms with Crippen LogP contribution in [0.25, 0.3) is 21.9 Å². The fraction of sp³-hybridized carbons (Fsp3) is 0.304. The minimum atomic E-state index is -1.04. The number of imidazole rings is 1. The van der Waals surface area contributed by atoms with Gasteiger partial charge in [-0.3, -0.25) is 9.59 Å². The Labute approximate surface area is 195 Å². The average Bonchev–Trinajstić information content (AvgIpc) is 3.18. The molecule has 0 spiro atoms. The molecule has 3 aromatic heterocycles. The number of carboxylic acids is 1. The van der Waals surface area contributed by atoms with Crippen LogP contribution in [0.2, 0.25) is 5.02 Å². The van der Waals surface area contributed by atoms with E-state index in [0.29, 0.717) is 51.6 Å². The van der Waals surface area contributed by atoms with Crippen LogP contribution < -0.4 is 15.2 Å². The van der Waals surface area contributed by atoms with Crippen LogP contribution in [0.5, 0.6) is 0 Å². The highest BCUT2D eigenvalue weighted by Gasteiger charge is 2.20. The summed E-state index contributed by atoms with van der Waals surface area (Å²) in [5.74, 6) is 0.512. The van der Waals surface area contributed by atoms with Gasteiger partial charge >= 0.3 is 5.97 Å². The van der Waals surface area contributed by atoms with Crippen molar-refractivity contribution in [2.75, 3.05) is 37.5 Å². The summed E-state index contributed by atoms with van der Waals surface area (Å²) in [4.78, 5) is 37.8. The summed E-state index contributed by atoms with van der Waals surface area (Å²) >= 11 is 6.45. The second-order valence-electron chi connectivity index (χ2n) is 8.13. The van der Waals surface area contributed by atoms with E-state index in [1.165, 1.54) is 0 Å². The van der Waals surface area contributed by atoms with E-state index in [4.69, 9.17) is 16.6 Å². The number of aliphatic carboxylic acids is 1. The molecule has 4 rings (SSSR count). The molecular formula is C23H25ClN6O3. The normalized spacial score (nSPS) is 11.3. The first-order valence-electron chi connectivity index (χ1n) is 10.4. The van der Waals surface area contributed by atoms with Crippen LogP contribution in [0, 0.1) is 6.92 Å². The molecule has 0 fully saturated rings. The highest BCUT2D eigenvalue weighted by Crippen LogP contribution is 2.34. The molecule has 0 amide bonds. The van der Waals surface area contributed by atoms with Crippen molar-refractivity contribution in [3.8, 4) is 0 Å². The van der Waals surface area contributed by atoms with Crippen molar-refractivity contribution >= 4 is 51.0 Å². The second kappa shape index (κ2) is 8.74. The van der Waals surface area contributed by atoms with E-state index < -0.39 is 5.97 Å². The number of likely N-dealkylation sites (N-methyl/N-ethyl adjacent to an activating group) is 1. The van der Waals surface area contributed by atoms with E-state index in [-0.39, 0.29) is 12.0 Å². The number of halogens is 1. The molecular weight excluding hydrogens is 444 g/mol. The minimum absolute atomic E-state index is 0.211. The van der Waals surface area contributed by atoms with Crippen LogP contribution in [0.3, 0.4) is 0 Å². The molecule has 1 N–H and O–H groups in total. The number of benzene rings is 1. The number of carboxylic acid groups (broad SMARTS) is 1. The van der Waals surface area contributed by atoms with Gasteiger partial charge in [0.1, 0.15) is 23.8 Å². The van der Waals surface area contributed by atoms with Crippen molar-refractivity contribution in [1.29, 1.82) is 0 Å². The SMILES string of the molecule is Cc1nccn1CCN(C)c1ccc2c(=O)c3ccc(Cl)c(N(C)C)c3n(CC(=O)O)c2n1. The summed E-state index contributed by atoms with van der Waals surface area (Å²) in [5.41, 5.74) is 1.12. The van der Waals surface area contributed by atoms with Crippen molar-refractivity contribution in [3.05, 3.63) is 57.7 Å². The van der Waals surface area contributed by atoms with Gasteiger partial charge in [0.15, 0.2) is 5.43 Å². The molecule has 0 saturated carbocycles. The standard InChI is InChI=1S/C23H25ClN6O3/c1-14-25-9-10-29(14)12-11-28(4)18-8-6-16-22(33)15-5-7-17(24)21(27(2)3)20(15)30(13-19(31)32)23(16)26-18/h5-10H,11-13H2,1-4H3,(H,31,32). The number of fused-ring (bicyclic) bond motifs is 2. The number of hydrogen-bond donors (Lipinski definition) is 1. The summed E-state index contributed by atoms with van der Waals surface area (Å²) in [7, 11) is 5.51. The fourth-order valence-corrected chi connectivity index (χ4v) is 4.34. The molecule has 172 valence electrons. The van der Waals surface area contributed by atoms with Gasteiger partial charge in [-0.25, -0.2) is 9.97 Å². The van der Waals surface area contributed by atoms with Crippen molar-refractivity contribution in [1.82, 2.24) is 19.1 Å². The van der Waals surface area contributed by atoms with E-state index >= 15 is 0 Å². The highest BCUT2D eigenvalue weighted by molar-refractivity contribution is 6.35. The lowest BCUT2D eigenvalue weighted by molar-refractivity contribution is -0.137. The first kappa shape index (κ1) is 22.6. The quantitative estimate of drug-likeness (QED) is 0.416. The Balaban J connectivity index is 1.91. The van der Waals surface area contributed by atoms with E-state index in [2.05, 4.69) is 4.98 Å². The number of rotatable bonds is 7. The van der Waals surface area contributed by atoms with Crippen LogP contribution in [-0.2, 0) is 17.9 Å². The minimum Gasteiger partial charge on any atom is -0.480 e. The van der Waals surface area contributed by atoms with Crippen molar-refractivity contribution in [2.45, 2.75) is 20.0 Å². The first-order chi connectivity index (χ1) is 15.7. The number of nitrogens with zero attached hydrogens (tertiary/aromatic N) is 6. The van der Waals surface area contributed by atoms with Gasteiger partial charge in [0.25, 0.3) is 0 Å². The molecule has 0 bridgehead atoms. The van der Waals surface area contributed by atoms with E-state index in [0.717, 1.165) is 5.82 Å². The van der Waals surface area contributed by atoms with E-state index in [1.807, 2.05) is 29.6 Å². The van der Waals surface area contributed by atoms with Gasteiger partial charge in [-0.1, -0.05) is 11.6 Å². The number of hydrogen-bond acceptors (Lipinski definition) is 6. The number of anilines is 2. The van der Waals surface area contributed by atoms with E-state index in [9.17, 15) is 14.7 Å². The van der Waals surface area contributed by atoms with Gasteiger partial charge in [0.2, 0.25) is 0 Å². The van der Waals surface area contributed by atoms with Gasteiger partial charge < -0.3 is 24.0 Å². The van der Waals surface area contributed by atoms with Crippen molar-refractivity contribution < 1.29 is 9.90 Å². The summed E-state index contributed by atoms with van der Waals surface area (Å²) in [6, 6.07) is 6.79. The number of aromatic nitrogens is 4. The monoisotopic (exact) mass is 468 g/mol. The molecule has 33 heavy (non-hydrogen) atoms. The lowest BCUT2D eigenvalue weighted by Gasteiger charge is -2.23. The number of carbonyl (C=O) groups is 1. The molecule has 1 aromatic carbocycles. The topological polar surface area (TPSA) is 96.5 Å². The third-order valence-electron chi connectivity index (χ3n) is 5.71. The zero-order valence-corrected chi connectivity index (χ0v) is 19.7. The molecule has 9 nitrogen and oxygen atoms in total. The van der Waals surface area contributed by atoms with Gasteiger partial charge in [-0.2, -0.15) is 0 Å². The van der Waals surface area contributed by atoms with Gasteiger partial charge in [-0.05, 0) is 31.2 Å². The molecule has 10 heteroatoms. The zero-order valence-electron chi connectivity index (χ0n) is 18.9. The summed E-state index contributed by atoms with van der Waals surface area (Å²) < 4.78 is 3.60. The maximum atomic E-state index is 13.3. The van der Waals surface area contributed by atoms with Crippen LogP contribution >= 0.6 is 11.6 Å². The smallest absolute Gasteiger partial charge is 0.323 e. The zero-order chi connectivity index (χ0) is 23.9. The lowest BCUT2D eigenvalue weighted by Crippen LogP contribution is -2.25. The maximum Gasteiger partial charge on any atom is 0.323 e. The maximum absolute atomic E-state index is 13.3. The summed E-state index contributed by atoms with van der Waals surface area (Å²) in [6.45, 7) is 2.95. The molecule has 0 aliphatic rings. The third kappa shape index (κ3) is 4.11. The molecule has 0 saturated heterocycles. The largest absolute Gasteiger partial charge is 0.480 e. The average molecular weight is 469 g/mol. The summed E-state index contributed by atoms with van der Waals surface area (Å²) in [6.07, 6.45) is 3.67. The Morgan fingerprint density at radius 2 is 1.88 bits per heavy atom. The van der Waals surface area contributed by atoms with E-state index in [1.54, 1.807) is 54.0 Å².